The summed E-state index contributed by atoms with van der Waals surface area (Å²) in [4.78, 5) is 43.0. The molecule has 0 saturated heterocycles. The average molecular weight is 934 g/mol. The molecule has 2 atom stereocenters. The molecule has 0 saturated carbocycles. The topological polar surface area (TPSA) is 254 Å². The van der Waals surface area contributed by atoms with Crippen molar-refractivity contribution in [1.29, 1.82) is 0 Å². The third-order valence-electron chi connectivity index (χ3n) is 7.93. The van der Waals surface area contributed by atoms with Gasteiger partial charge in [-0.3, -0.25) is 29.3 Å². The largest absolute Gasteiger partial charge is 0.478 e. The molecule has 0 fully saturated rings. The fourth-order valence-electron chi connectivity index (χ4n) is 4.67. The number of alkyl halides is 2. The van der Waals surface area contributed by atoms with Crippen LogP contribution in [0.3, 0.4) is 0 Å². The van der Waals surface area contributed by atoms with Gasteiger partial charge >= 0.3 is 39.2 Å². The number of ether oxygens (including phenoxy) is 1. The Labute approximate surface area is 360 Å². The average Bonchev–Trinajstić information content (AvgIpc) is 3.93. The third-order valence-corrected chi connectivity index (χ3v) is 12.3. The quantitative estimate of drug-likeness (QED) is 0.0117. The van der Waals surface area contributed by atoms with Crippen LogP contribution in [0, 0.1) is 20.2 Å². The van der Waals surface area contributed by atoms with Crippen molar-refractivity contribution in [2.45, 2.75) is 38.9 Å². The van der Waals surface area contributed by atoms with E-state index in [1.165, 1.54) is 88.2 Å². The van der Waals surface area contributed by atoms with Crippen LogP contribution in [0.15, 0.2) is 94.3 Å². The SMILES string of the molecule is C=CCOC(=O)c1ccc(OP(=O)(OCc2ccc([N+](=O)[O-])o2)N(C)CCCCCl)cc1.CN(CCCCCl)P(=O)(OCc1ccc([N+](=O)[O-])o1)Oc1ccc(C(=O)O)cc1. The Balaban J connectivity index is 0.000000327. The van der Waals surface area contributed by atoms with E-state index in [-0.39, 0.29) is 54.0 Å². The number of hydrogen-bond acceptors (Lipinski definition) is 15. The minimum absolute atomic E-state index is 0.0477. The highest BCUT2D eigenvalue weighted by Crippen LogP contribution is 2.53. The molecular weight excluding hydrogens is 889 g/mol. The van der Waals surface area contributed by atoms with Crippen LogP contribution in [0.4, 0.5) is 11.8 Å². The molecule has 4 aromatic rings. The summed E-state index contributed by atoms with van der Waals surface area (Å²) in [5.41, 5.74) is 0.333. The molecule has 1 N–H and O–H groups in total. The normalized spacial score (nSPS) is 13.0. The van der Waals surface area contributed by atoms with Crippen molar-refractivity contribution in [3.05, 3.63) is 128 Å². The van der Waals surface area contributed by atoms with E-state index in [2.05, 4.69) is 6.58 Å². The van der Waals surface area contributed by atoms with E-state index in [1.54, 1.807) is 14.1 Å². The number of unbranched alkanes of at least 4 members (excludes halogenated alkanes) is 2. The fraction of sp³-hybridized carbons (Fsp3) is 0.351. The van der Waals surface area contributed by atoms with Crippen LogP contribution in [0.1, 0.15) is 57.9 Å². The zero-order valence-electron chi connectivity index (χ0n) is 33.0. The van der Waals surface area contributed by atoms with Gasteiger partial charge in [0.25, 0.3) is 0 Å². The first-order valence-electron chi connectivity index (χ1n) is 18.1. The van der Waals surface area contributed by atoms with E-state index >= 15 is 0 Å². The van der Waals surface area contributed by atoms with Crippen LogP contribution in [-0.4, -0.2) is 81.8 Å². The highest BCUT2D eigenvalue weighted by Gasteiger charge is 2.35. The summed E-state index contributed by atoms with van der Waals surface area (Å²) in [5, 5.41) is 30.5. The lowest BCUT2D eigenvalue weighted by atomic mass is 10.2. The zero-order chi connectivity index (χ0) is 45.0. The van der Waals surface area contributed by atoms with Gasteiger partial charge in [-0.1, -0.05) is 12.7 Å². The van der Waals surface area contributed by atoms with Gasteiger partial charge < -0.3 is 27.7 Å². The Morgan fingerprint density at radius 2 is 1.13 bits per heavy atom. The maximum atomic E-state index is 13.5. The first kappa shape index (κ1) is 50.3. The Kier molecular flexibility index (Phi) is 20.6. The second kappa shape index (κ2) is 25.0. The molecule has 2 aromatic carbocycles. The summed E-state index contributed by atoms with van der Waals surface area (Å²) in [5.74, 6) is -1.07. The van der Waals surface area contributed by atoms with Gasteiger partial charge in [-0.15, -0.1) is 23.2 Å². The molecule has 0 spiro atoms. The van der Waals surface area contributed by atoms with Gasteiger partial charge in [-0.2, -0.15) is 0 Å². The minimum Gasteiger partial charge on any atom is -0.478 e. The molecule has 332 valence electrons. The number of hydrogen-bond donors (Lipinski definition) is 1. The van der Waals surface area contributed by atoms with Gasteiger partial charge in [0.05, 0.1) is 23.3 Å². The van der Waals surface area contributed by atoms with Gasteiger partial charge in [0.1, 0.15) is 52.7 Å². The predicted octanol–water partition coefficient (Wildman–Crippen LogP) is 9.73. The Morgan fingerprint density at radius 3 is 1.48 bits per heavy atom. The summed E-state index contributed by atoms with van der Waals surface area (Å²) >= 11 is 11.4. The van der Waals surface area contributed by atoms with Gasteiger partial charge in [0.2, 0.25) is 0 Å². The van der Waals surface area contributed by atoms with Crippen LogP contribution in [-0.2, 0) is 36.1 Å². The monoisotopic (exact) mass is 932 g/mol. The molecule has 24 heteroatoms. The van der Waals surface area contributed by atoms with Crippen molar-refractivity contribution in [3.63, 3.8) is 0 Å². The van der Waals surface area contributed by atoms with Crippen LogP contribution < -0.4 is 9.05 Å². The molecule has 0 bridgehead atoms. The van der Waals surface area contributed by atoms with Crippen molar-refractivity contribution < 1.29 is 65.3 Å². The van der Waals surface area contributed by atoms with Crippen molar-refractivity contribution >= 4 is 62.4 Å². The first-order valence-corrected chi connectivity index (χ1v) is 22.2. The van der Waals surface area contributed by atoms with Crippen molar-refractivity contribution in [3.8, 4) is 11.5 Å². The highest BCUT2D eigenvalue weighted by atomic mass is 35.5. The number of furan rings is 2. The lowest BCUT2D eigenvalue weighted by Gasteiger charge is -2.26. The van der Waals surface area contributed by atoms with E-state index in [0.717, 1.165) is 0 Å². The molecule has 20 nitrogen and oxygen atoms in total. The van der Waals surface area contributed by atoms with Crippen LogP contribution in [0.25, 0.3) is 0 Å². The van der Waals surface area contributed by atoms with Gasteiger partial charge in [0.15, 0.2) is 0 Å². The van der Waals surface area contributed by atoms with E-state index in [4.69, 9.17) is 60.0 Å². The number of nitrogens with zero attached hydrogens (tertiary/aromatic N) is 4. The zero-order valence-corrected chi connectivity index (χ0v) is 36.3. The number of benzene rings is 2. The second-order valence-corrected chi connectivity index (χ2v) is 17.3. The summed E-state index contributed by atoms with van der Waals surface area (Å²) in [6.45, 7) is 3.66. The molecule has 2 aromatic heterocycles. The number of aromatic carboxylic acids is 1. The van der Waals surface area contributed by atoms with Crippen LogP contribution in [0.5, 0.6) is 11.5 Å². The maximum Gasteiger partial charge on any atom is 0.461 e. The number of carboxylic acids is 1. The first-order chi connectivity index (χ1) is 29.0. The van der Waals surface area contributed by atoms with Crippen molar-refractivity contribution in [2.75, 3.05) is 45.6 Å². The predicted molar refractivity (Wildman–Crippen MR) is 222 cm³/mol. The van der Waals surface area contributed by atoms with Gasteiger partial charge in [-0.25, -0.2) is 28.1 Å². The van der Waals surface area contributed by atoms with E-state index in [0.29, 0.717) is 50.5 Å². The smallest absolute Gasteiger partial charge is 0.461 e. The summed E-state index contributed by atoms with van der Waals surface area (Å²) in [7, 11) is -4.64. The molecule has 61 heavy (non-hydrogen) atoms. The molecule has 0 amide bonds. The molecule has 0 aliphatic heterocycles. The van der Waals surface area contributed by atoms with Crippen molar-refractivity contribution in [2.24, 2.45) is 0 Å². The number of carbonyl (C=O) groups excluding carboxylic acids is 1. The molecule has 0 aliphatic rings. The Bertz CT molecular complexity index is 2150. The number of carbonyl (C=O) groups is 2. The Morgan fingerprint density at radius 1 is 0.721 bits per heavy atom. The highest BCUT2D eigenvalue weighted by molar-refractivity contribution is 7.51. The van der Waals surface area contributed by atoms with E-state index in [1.807, 2.05) is 0 Å². The lowest BCUT2D eigenvalue weighted by Crippen LogP contribution is -2.21. The van der Waals surface area contributed by atoms with E-state index < -0.39 is 49.0 Å². The standard InChI is InChI=1S/C20H24ClN2O8P.C17H20ClN2O8P/c1-3-14-28-20(24)16-6-8-17(9-7-16)31-32(27,22(2)13-5-4-12-21)29-15-18-10-11-19(30-18)23(25)26;1-19(11-3-2-10-18)29(25,26-12-15-8-9-16(27-15)20(23)24)28-14-6-4-13(5-7-14)17(21)22/h3,6-11H,1,4-5,12-15H2,2H3;4-9H,2-3,10-12H2,1H3,(H,21,22). The minimum atomic E-state index is -3.88. The van der Waals surface area contributed by atoms with Gasteiger partial charge in [0, 0.05) is 24.8 Å². The second-order valence-electron chi connectivity index (χ2n) is 12.5. The van der Waals surface area contributed by atoms with E-state index in [9.17, 15) is 38.9 Å². The summed E-state index contributed by atoms with van der Waals surface area (Å²) in [6, 6.07) is 16.3. The number of carboxylic acid groups (broad SMARTS) is 1. The lowest BCUT2D eigenvalue weighted by molar-refractivity contribution is -0.402. The van der Waals surface area contributed by atoms with Crippen LogP contribution in [0.2, 0.25) is 0 Å². The molecule has 4 rings (SSSR count). The third kappa shape index (κ3) is 16.4. The van der Waals surface area contributed by atoms with Gasteiger partial charge in [-0.05, 0) is 100 Å². The fourth-order valence-corrected chi connectivity index (χ4v) is 7.96. The molecule has 0 aliphatic carbocycles. The number of nitro groups is 2. The number of halogens is 2. The Hall–Kier alpha value is -5.04. The number of esters is 1. The maximum absolute atomic E-state index is 13.5. The number of rotatable bonds is 26. The molecular formula is C37H44Cl2N4O16P2. The summed E-state index contributed by atoms with van der Waals surface area (Å²) in [6.07, 6.45) is 4.15. The molecule has 2 heterocycles. The molecule has 0 radical (unpaired) electrons. The summed E-state index contributed by atoms with van der Waals surface area (Å²) < 4.78 is 67.0. The molecule has 2 unspecified atom stereocenters. The van der Waals surface area contributed by atoms with Crippen molar-refractivity contribution in [1.82, 2.24) is 9.34 Å². The van der Waals surface area contributed by atoms with Crippen LogP contribution >= 0.6 is 38.7 Å².